The Morgan fingerprint density at radius 3 is 2.62 bits per heavy atom. The Kier molecular flexibility index (Phi) is 6.78. The minimum absolute atomic E-state index is 0.0145. The maximum atomic E-state index is 12.7. The van der Waals surface area contributed by atoms with Gasteiger partial charge in [0, 0.05) is 16.9 Å². The third kappa shape index (κ3) is 6.12. The van der Waals surface area contributed by atoms with E-state index < -0.39 is 7.60 Å². The van der Waals surface area contributed by atoms with Crippen molar-refractivity contribution in [2.75, 3.05) is 5.32 Å². The number of carbonyl (C=O) groups excluding carboxylic acids is 1. The highest BCUT2D eigenvalue weighted by atomic mass is 35.5. The third-order valence-electron chi connectivity index (χ3n) is 3.61. The van der Waals surface area contributed by atoms with Crippen molar-refractivity contribution in [1.29, 1.82) is 0 Å². The van der Waals surface area contributed by atoms with Crippen molar-refractivity contribution < 1.29 is 23.9 Å². The number of nitrogens with one attached hydrogen (secondary N) is 1. The SMILES string of the molecule is CC(C)Oc1cc(Cc2ccc(P(=O)(O)O)s2)cc(C(=O)Nc2ncc(Cl)s2)c1. The predicted molar refractivity (Wildman–Crippen MR) is 116 cm³/mol. The summed E-state index contributed by atoms with van der Waals surface area (Å²) in [6, 6.07) is 8.27. The fraction of sp³-hybridized carbons (Fsp3) is 0.222. The summed E-state index contributed by atoms with van der Waals surface area (Å²) in [6.07, 6.45) is 1.78. The van der Waals surface area contributed by atoms with Gasteiger partial charge in [0.05, 0.1) is 12.3 Å². The zero-order chi connectivity index (χ0) is 21.2. The van der Waals surface area contributed by atoms with Crippen LogP contribution in [0.1, 0.15) is 34.6 Å². The summed E-state index contributed by atoms with van der Waals surface area (Å²) in [5, 5.41) is 3.09. The number of aromatic nitrogens is 1. The molecule has 0 bridgehead atoms. The number of nitrogens with zero attached hydrogens (tertiary/aromatic N) is 1. The van der Waals surface area contributed by atoms with E-state index in [0.29, 0.717) is 27.2 Å². The summed E-state index contributed by atoms with van der Waals surface area (Å²) in [5.41, 5.74) is 1.17. The van der Waals surface area contributed by atoms with E-state index in [0.717, 1.165) is 33.1 Å². The van der Waals surface area contributed by atoms with E-state index in [1.807, 2.05) is 19.9 Å². The molecule has 0 aliphatic rings. The monoisotopic (exact) mass is 472 g/mol. The molecular weight excluding hydrogens is 455 g/mol. The second kappa shape index (κ2) is 8.95. The Morgan fingerprint density at radius 2 is 2.03 bits per heavy atom. The van der Waals surface area contributed by atoms with E-state index in [1.54, 1.807) is 18.2 Å². The average molecular weight is 473 g/mol. The number of hydrogen-bond donors (Lipinski definition) is 3. The van der Waals surface area contributed by atoms with Crippen molar-refractivity contribution >= 4 is 57.5 Å². The van der Waals surface area contributed by atoms with Crippen LogP contribution < -0.4 is 14.7 Å². The van der Waals surface area contributed by atoms with Gasteiger partial charge in [-0.25, -0.2) is 4.98 Å². The van der Waals surface area contributed by atoms with Gasteiger partial charge in [-0.05, 0) is 49.7 Å². The highest BCUT2D eigenvalue weighted by Gasteiger charge is 2.20. The molecule has 0 radical (unpaired) electrons. The molecule has 0 atom stereocenters. The van der Waals surface area contributed by atoms with Gasteiger partial charge in [0.2, 0.25) is 0 Å². The summed E-state index contributed by atoms with van der Waals surface area (Å²) in [7, 11) is -4.28. The molecule has 3 rings (SSSR count). The van der Waals surface area contributed by atoms with E-state index in [9.17, 15) is 19.1 Å². The van der Waals surface area contributed by atoms with Crippen molar-refractivity contribution in [3.05, 3.63) is 56.9 Å². The lowest BCUT2D eigenvalue weighted by atomic mass is 10.1. The van der Waals surface area contributed by atoms with E-state index in [1.165, 1.54) is 12.3 Å². The Hall–Kier alpha value is -1.74. The maximum Gasteiger partial charge on any atom is 0.366 e. The fourth-order valence-electron chi connectivity index (χ4n) is 2.53. The molecule has 7 nitrogen and oxygen atoms in total. The molecule has 2 heterocycles. The molecule has 1 aromatic carbocycles. The normalized spacial score (nSPS) is 11.7. The van der Waals surface area contributed by atoms with Crippen LogP contribution in [0.3, 0.4) is 0 Å². The van der Waals surface area contributed by atoms with Crippen molar-refractivity contribution in [3.8, 4) is 5.75 Å². The van der Waals surface area contributed by atoms with Crippen LogP contribution in [-0.2, 0) is 11.0 Å². The van der Waals surface area contributed by atoms with Crippen LogP contribution in [0, 0.1) is 0 Å². The first-order valence-electron chi connectivity index (χ1n) is 8.48. The molecular formula is C18H18ClN2O5PS2. The van der Waals surface area contributed by atoms with Gasteiger partial charge < -0.3 is 14.5 Å². The second-order valence-corrected chi connectivity index (χ2v) is 11.1. The van der Waals surface area contributed by atoms with Crippen LogP contribution in [0.15, 0.2) is 36.5 Å². The molecule has 3 aromatic rings. The molecule has 2 aromatic heterocycles. The van der Waals surface area contributed by atoms with Gasteiger partial charge in [-0.2, -0.15) is 0 Å². The zero-order valence-corrected chi connectivity index (χ0v) is 18.7. The lowest BCUT2D eigenvalue weighted by Crippen LogP contribution is -2.13. The fourth-order valence-corrected chi connectivity index (χ4v) is 5.22. The molecule has 0 spiro atoms. The molecule has 0 saturated heterocycles. The molecule has 0 saturated carbocycles. The van der Waals surface area contributed by atoms with Gasteiger partial charge in [0.25, 0.3) is 5.91 Å². The summed E-state index contributed by atoms with van der Waals surface area (Å²) >= 11 is 8.06. The average Bonchev–Trinajstić information content (AvgIpc) is 3.23. The number of halogens is 1. The third-order valence-corrected chi connectivity index (χ3v) is 7.24. The topological polar surface area (TPSA) is 109 Å². The van der Waals surface area contributed by atoms with Crippen molar-refractivity contribution in [3.63, 3.8) is 0 Å². The van der Waals surface area contributed by atoms with Crippen molar-refractivity contribution in [1.82, 2.24) is 4.98 Å². The van der Waals surface area contributed by atoms with E-state index in [2.05, 4.69) is 10.3 Å². The van der Waals surface area contributed by atoms with E-state index in [4.69, 9.17) is 16.3 Å². The van der Waals surface area contributed by atoms with Crippen molar-refractivity contribution in [2.45, 2.75) is 26.4 Å². The molecule has 0 aliphatic carbocycles. The number of thiophene rings is 1. The molecule has 11 heteroatoms. The summed E-state index contributed by atoms with van der Waals surface area (Å²) < 4.78 is 17.7. The minimum atomic E-state index is -4.28. The molecule has 1 amide bonds. The highest BCUT2D eigenvalue weighted by molar-refractivity contribution is 7.67. The Morgan fingerprint density at radius 1 is 1.28 bits per heavy atom. The van der Waals surface area contributed by atoms with Gasteiger partial charge in [0.15, 0.2) is 5.13 Å². The zero-order valence-electron chi connectivity index (χ0n) is 15.5. The van der Waals surface area contributed by atoms with Crippen LogP contribution in [0.4, 0.5) is 5.13 Å². The molecule has 29 heavy (non-hydrogen) atoms. The molecule has 0 unspecified atom stereocenters. The lowest BCUT2D eigenvalue weighted by molar-refractivity contribution is 0.102. The number of carbonyl (C=O) groups is 1. The Bertz CT molecular complexity index is 1080. The van der Waals surface area contributed by atoms with Gasteiger partial charge in [-0.1, -0.05) is 22.9 Å². The minimum Gasteiger partial charge on any atom is -0.491 e. The number of hydrogen-bond acceptors (Lipinski definition) is 6. The number of anilines is 1. The van der Waals surface area contributed by atoms with E-state index >= 15 is 0 Å². The molecule has 154 valence electrons. The van der Waals surface area contributed by atoms with Crippen LogP contribution in [0.5, 0.6) is 5.75 Å². The smallest absolute Gasteiger partial charge is 0.366 e. The van der Waals surface area contributed by atoms with Gasteiger partial charge in [-0.3, -0.25) is 14.7 Å². The van der Waals surface area contributed by atoms with E-state index in [-0.39, 0.29) is 16.6 Å². The second-order valence-electron chi connectivity index (χ2n) is 6.42. The molecule has 3 N–H and O–H groups in total. The quantitative estimate of drug-likeness (QED) is 0.442. The first-order valence-corrected chi connectivity index (χ1v) is 12.1. The Balaban J connectivity index is 1.87. The Labute approximate surface area is 180 Å². The molecule has 0 fully saturated rings. The summed E-state index contributed by atoms with van der Waals surface area (Å²) in [5.74, 6) is 0.181. The predicted octanol–water partition coefficient (Wildman–Crippen LogP) is 4.29. The first-order chi connectivity index (χ1) is 13.6. The summed E-state index contributed by atoms with van der Waals surface area (Å²) in [4.78, 5) is 36.1. The highest BCUT2D eigenvalue weighted by Crippen LogP contribution is 2.37. The lowest BCUT2D eigenvalue weighted by Gasteiger charge is -2.13. The van der Waals surface area contributed by atoms with Gasteiger partial charge in [0.1, 0.15) is 14.7 Å². The standard InChI is InChI=1S/C18H18ClN2O5PS2/c1-10(2)26-13-6-11(7-14-3-4-16(28-14)27(23,24)25)5-12(8-13)17(22)21-18-20-9-15(19)29-18/h3-6,8-10H,7H2,1-2H3,(H,20,21,22)(H2,23,24,25). The number of thiazole rings is 1. The number of ether oxygens (including phenoxy) is 1. The van der Waals surface area contributed by atoms with Crippen LogP contribution >= 0.6 is 41.9 Å². The molecule has 0 aliphatic heterocycles. The summed E-state index contributed by atoms with van der Waals surface area (Å²) in [6.45, 7) is 3.77. The van der Waals surface area contributed by atoms with Gasteiger partial charge >= 0.3 is 7.60 Å². The van der Waals surface area contributed by atoms with Crippen LogP contribution in [-0.4, -0.2) is 26.8 Å². The number of benzene rings is 1. The largest absolute Gasteiger partial charge is 0.491 e. The first kappa shape index (κ1) is 22.0. The maximum absolute atomic E-state index is 12.7. The number of rotatable bonds is 7. The van der Waals surface area contributed by atoms with Crippen LogP contribution in [0.2, 0.25) is 4.34 Å². The van der Waals surface area contributed by atoms with Crippen molar-refractivity contribution in [2.24, 2.45) is 0 Å². The van der Waals surface area contributed by atoms with Crippen LogP contribution in [0.25, 0.3) is 0 Å². The number of amides is 1. The van der Waals surface area contributed by atoms with Gasteiger partial charge in [-0.15, -0.1) is 11.3 Å².